The number of hydrogen-bond donors (Lipinski definition) is 2. The number of benzene rings is 1. The Morgan fingerprint density at radius 1 is 1.43 bits per heavy atom. The van der Waals surface area contributed by atoms with Gasteiger partial charge in [-0.1, -0.05) is 24.3 Å². The van der Waals surface area contributed by atoms with Gasteiger partial charge in [0.2, 0.25) is 0 Å². The van der Waals surface area contributed by atoms with Gasteiger partial charge in [0.25, 0.3) is 5.91 Å². The van der Waals surface area contributed by atoms with Crippen molar-refractivity contribution in [2.45, 2.75) is 25.8 Å². The third-order valence-corrected chi connectivity index (χ3v) is 4.53. The van der Waals surface area contributed by atoms with Crippen LogP contribution in [0, 0.1) is 6.92 Å². The molecule has 5 nitrogen and oxygen atoms in total. The van der Waals surface area contributed by atoms with Gasteiger partial charge >= 0.3 is 0 Å². The maximum absolute atomic E-state index is 12.4. The van der Waals surface area contributed by atoms with Gasteiger partial charge in [-0.3, -0.25) is 4.79 Å². The number of carbonyl (C=O) groups excluding carboxylic acids is 1. The molecule has 1 aromatic carbocycles. The summed E-state index contributed by atoms with van der Waals surface area (Å²) in [6.07, 6.45) is 0.418. The van der Waals surface area contributed by atoms with Gasteiger partial charge in [0.1, 0.15) is 10.7 Å². The fourth-order valence-corrected chi connectivity index (χ4v) is 3.28. The molecule has 0 aliphatic carbocycles. The number of nitrogens with zero attached hydrogens (tertiary/aromatic N) is 1. The number of carbonyl (C=O) groups is 1. The number of aromatic nitrogens is 1. The highest BCUT2D eigenvalue weighted by Crippen LogP contribution is 2.26. The van der Waals surface area contributed by atoms with Gasteiger partial charge in [0.15, 0.2) is 0 Å². The summed E-state index contributed by atoms with van der Waals surface area (Å²) in [7, 11) is 1.57. The van der Waals surface area contributed by atoms with Crippen molar-refractivity contribution in [2.75, 3.05) is 20.3 Å². The number of aryl methyl sites for hydroxylation is 1. The molecule has 1 heterocycles. The molecular weight excluding hydrogens is 312 g/mol. The lowest BCUT2D eigenvalue weighted by molar-refractivity contribution is 0.0722. The lowest BCUT2D eigenvalue weighted by atomic mass is 9.99. The van der Waals surface area contributed by atoms with Gasteiger partial charge in [-0.2, -0.15) is 0 Å². The zero-order chi connectivity index (χ0) is 16.9. The van der Waals surface area contributed by atoms with E-state index in [4.69, 9.17) is 4.74 Å². The van der Waals surface area contributed by atoms with Gasteiger partial charge in [-0.15, -0.1) is 11.3 Å². The number of amides is 1. The summed E-state index contributed by atoms with van der Waals surface area (Å²) in [5, 5.41) is 14.7. The number of ether oxygens (including phenoxy) is 1. The molecule has 0 saturated carbocycles. The molecule has 0 aliphatic rings. The van der Waals surface area contributed by atoms with Crippen molar-refractivity contribution in [3.05, 3.63) is 40.9 Å². The van der Waals surface area contributed by atoms with E-state index in [1.807, 2.05) is 38.1 Å². The van der Waals surface area contributed by atoms with E-state index in [0.717, 1.165) is 16.1 Å². The van der Waals surface area contributed by atoms with Crippen LogP contribution < -0.4 is 5.32 Å². The van der Waals surface area contributed by atoms with Crippen molar-refractivity contribution in [2.24, 2.45) is 0 Å². The van der Waals surface area contributed by atoms with Crippen molar-refractivity contribution >= 4 is 17.2 Å². The Balaban J connectivity index is 2.17. The van der Waals surface area contributed by atoms with Crippen LogP contribution in [0.25, 0.3) is 10.6 Å². The summed E-state index contributed by atoms with van der Waals surface area (Å²) in [5.41, 5.74) is 1.92. The van der Waals surface area contributed by atoms with Gasteiger partial charge < -0.3 is 15.2 Å². The van der Waals surface area contributed by atoms with Crippen LogP contribution in [0.5, 0.6) is 0 Å². The van der Waals surface area contributed by atoms with E-state index in [2.05, 4.69) is 10.3 Å². The van der Waals surface area contributed by atoms with Crippen molar-refractivity contribution < 1.29 is 14.6 Å². The average molecular weight is 334 g/mol. The first kappa shape index (κ1) is 17.6. The Morgan fingerprint density at radius 2 is 2.17 bits per heavy atom. The second-order valence-electron chi connectivity index (χ2n) is 5.77. The summed E-state index contributed by atoms with van der Waals surface area (Å²) in [6.45, 7) is 4.17. The molecule has 1 amide bonds. The monoisotopic (exact) mass is 334 g/mol. The van der Waals surface area contributed by atoms with Gasteiger partial charge in [-0.05, 0) is 25.8 Å². The van der Waals surface area contributed by atoms with Crippen molar-refractivity contribution in [1.29, 1.82) is 0 Å². The maximum Gasteiger partial charge on any atom is 0.271 e. The summed E-state index contributed by atoms with van der Waals surface area (Å²) in [4.78, 5) is 16.9. The SMILES string of the molecule is COCC(C)(CCO)NC(=O)c1csc(-c2ccccc2C)n1. The number of thiazole rings is 1. The van der Waals surface area contributed by atoms with Crippen LogP contribution in [0.2, 0.25) is 0 Å². The zero-order valence-electron chi connectivity index (χ0n) is 13.6. The molecule has 0 bridgehead atoms. The summed E-state index contributed by atoms with van der Waals surface area (Å²) in [5.74, 6) is -0.255. The summed E-state index contributed by atoms with van der Waals surface area (Å²) in [6, 6.07) is 7.95. The second-order valence-corrected chi connectivity index (χ2v) is 6.63. The van der Waals surface area contributed by atoms with E-state index in [0.29, 0.717) is 18.7 Å². The molecule has 23 heavy (non-hydrogen) atoms. The van der Waals surface area contributed by atoms with E-state index < -0.39 is 5.54 Å². The fourth-order valence-electron chi connectivity index (χ4n) is 2.39. The van der Waals surface area contributed by atoms with E-state index >= 15 is 0 Å². The number of aliphatic hydroxyl groups excluding tert-OH is 1. The van der Waals surface area contributed by atoms with Crippen LogP contribution in [-0.4, -0.2) is 41.9 Å². The Kier molecular flexibility index (Phi) is 5.87. The highest BCUT2D eigenvalue weighted by molar-refractivity contribution is 7.13. The predicted octanol–water partition coefficient (Wildman–Crippen LogP) is 2.64. The normalized spacial score (nSPS) is 13.6. The molecule has 6 heteroatoms. The molecular formula is C17H22N2O3S. The van der Waals surface area contributed by atoms with Crippen LogP contribution in [0.3, 0.4) is 0 Å². The van der Waals surface area contributed by atoms with Crippen molar-refractivity contribution in [3.63, 3.8) is 0 Å². The van der Waals surface area contributed by atoms with Crippen LogP contribution in [-0.2, 0) is 4.74 Å². The molecule has 0 spiro atoms. The predicted molar refractivity (Wildman–Crippen MR) is 91.7 cm³/mol. The first-order valence-electron chi connectivity index (χ1n) is 7.43. The van der Waals surface area contributed by atoms with E-state index in [9.17, 15) is 9.90 Å². The number of hydrogen-bond acceptors (Lipinski definition) is 5. The molecule has 124 valence electrons. The minimum atomic E-state index is -0.618. The lowest BCUT2D eigenvalue weighted by Crippen LogP contribution is -2.50. The van der Waals surface area contributed by atoms with E-state index in [-0.39, 0.29) is 12.5 Å². The average Bonchev–Trinajstić information content (AvgIpc) is 2.97. The summed E-state index contributed by atoms with van der Waals surface area (Å²) < 4.78 is 5.14. The smallest absolute Gasteiger partial charge is 0.271 e. The van der Waals surface area contributed by atoms with E-state index in [1.165, 1.54) is 11.3 Å². The largest absolute Gasteiger partial charge is 0.396 e. The third kappa shape index (κ3) is 4.37. The van der Waals surface area contributed by atoms with Crippen LogP contribution in [0.1, 0.15) is 29.4 Å². The van der Waals surface area contributed by atoms with Crippen molar-refractivity contribution in [3.8, 4) is 10.6 Å². The molecule has 0 saturated heterocycles. The minimum absolute atomic E-state index is 0.0222. The molecule has 0 radical (unpaired) electrons. The molecule has 2 aromatic rings. The number of methoxy groups -OCH3 is 1. The fraction of sp³-hybridized carbons (Fsp3) is 0.412. The molecule has 0 fully saturated rings. The molecule has 0 aliphatic heterocycles. The van der Waals surface area contributed by atoms with Crippen LogP contribution in [0.15, 0.2) is 29.6 Å². The first-order valence-corrected chi connectivity index (χ1v) is 8.31. The molecule has 1 aromatic heterocycles. The van der Waals surface area contributed by atoms with E-state index in [1.54, 1.807) is 12.5 Å². The lowest BCUT2D eigenvalue weighted by Gasteiger charge is -2.29. The quantitative estimate of drug-likeness (QED) is 0.816. The highest BCUT2D eigenvalue weighted by atomic mass is 32.1. The highest BCUT2D eigenvalue weighted by Gasteiger charge is 2.27. The molecule has 1 unspecified atom stereocenters. The van der Waals surface area contributed by atoms with Crippen LogP contribution in [0.4, 0.5) is 0 Å². The number of rotatable bonds is 7. The Bertz CT molecular complexity index is 663. The van der Waals surface area contributed by atoms with Gasteiger partial charge in [0.05, 0.1) is 12.1 Å². The van der Waals surface area contributed by atoms with Crippen LogP contribution >= 0.6 is 11.3 Å². The maximum atomic E-state index is 12.4. The minimum Gasteiger partial charge on any atom is -0.396 e. The Morgan fingerprint density at radius 3 is 2.83 bits per heavy atom. The number of aliphatic hydroxyl groups is 1. The summed E-state index contributed by atoms with van der Waals surface area (Å²) >= 11 is 1.45. The third-order valence-electron chi connectivity index (χ3n) is 3.65. The standard InChI is InChI=1S/C17H22N2O3S/c1-12-6-4-5-7-13(12)16-18-14(10-23-16)15(21)19-17(2,8-9-20)11-22-3/h4-7,10,20H,8-9,11H2,1-3H3,(H,19,21). The van der Waals surface area contributed by atoms with Gasteiger partial charge in [0, 0.05) is 24.7 Å². The molecule has 1 atom stereocenters. The van der Waals surface area contributed by atoms with Crippen molar-refractivity contribution in [1.82, 2.24) is 10.3 Å². The Hall–Kier alpha value is -1.76. The zero-order valence-corrected chi connectivity index (χ0v) is 14.4. The second kappa shape index (κ2) is 7.68. The first-order chi connectivity index (χ1) is 11.0. The number of nitrogens with one attached hydrogen (secondary N) is 1. The van der Waals surface area contributed by atoms with Gasteiger partial charge in [-0.25, -0.2) is 4.98 Å². The topological polar surface area (TPSA) is 71.5 Å². The molecule has 2 rings (SSSR count). The Labute approximate surface area is 140 Å². The molecule has 2 N–H and O–H groups in total.